The molecule has 3 rings (SSSR count). The van der Waals surface area contributed by atoms with E-state index in [-0.39, 0.29) is 29.4 Å². The summed E-state index contributed by atoms with van der Waals surface area (Å²) in [6.45, 7) is 3.55. The topological polar surface area (TPSA) is 63.5 Å². The zero-order chi connectivity index (χ0) is 17.3. The van der Waals surface area contributed by atoms with E-state index in [9.17, 15) is 14.0 Å². The maximum atomic E-state index is 12.9. The van der Waals surface area contributed by atoms with E-state index in [4.69, 9.17) is 0 Å². The number of fused-ring (bicyclic) bond motifs is 1. The van der Waals surface area contributed by atoms with Gasteiger partial charge in [-0.1, -0.05) is 18.2 Å². The van der Waals surface area contributed by atoms with Gasteiger partial charge < -0.3 is 5.32 Å². The first-order valence-electron chi connectivity index (χ1n) is 7.48. The van der Waals surface area contributed by atoms with Crippen molar-refractivity contribution >= 4 is 17.2 Å². The molecule has 0 fully saturated rings. The molecule has 1 N–H and O–H groups in total. The molecule has 0 spiro atoms. The smallest absolute Gasteiger partial charge is 0.281 e. The van der Waals surface area contributed by atoms with E-state index in [2.05, 4.69) is 10.3 Å². The highest BCUT2D eigenvalue weighted by Gasteiger charge is 2.14. The van der Waals surface area contributed by atoms with Crippen LogP contribution in [0.15, 0.2) is 47.4 Å². The number of halogens is 1. The second-order valence-electron chi connectivity index (χ2n) is 5.61. The fourth-order valence-electron chi connectivity index (χ4n) is 2.52. The Morgan fingerprint density at radius 3 is 2.62 bits per heavy atom. The zero-order valence-electron chi connectivity index (χ0n) is 13.3. The van der Waals surface area contributed by atoms with E-state index in [0.717, 1.165) is 5.56 Å². The molecule has 24 heavy (non-hydrogen) atoms. The number of rotatable bonds is 3. The van der Waals surface area contributed by atoms with Crippen LogP contribution < -0.4 is 10.9 Å². The summed E-state index contributed by atoms with van der Waals surface area (Å²) in [5, 5.41) is 2.62. The normalized spacial score (nSPS) is 10.8. The molecular weight excluding hydrogens is 309 g/mol. The Hall–Kier alpha value is -3.02. The molecule has 2 aromatic heterocycles. The number of carbonyl (C=O) groups excluding carboxylic acids is 1. The number of amides is 1. The van der Waals surface area contributed by atoms with Crippen LogP contribution in [0, 0.1) is 19.7 Å². The van der Waals surface area contributed by atoms with Gasteiger partial charge in [-0.3, -0.25) is 14.0 Å². The maximum Gasteiger partial charge on any atom is 0.281 e. The van der Waals surface area contributed by atoms with Gasteiger partial charge in [0.2, 0.25) is 5.91 Å². The highest BCUT2D eigenvalue weighted by Crippen LogP contribution is 2.12. The Balaban J connectivity index is 1.91. The molecule has 0 aliphatic rings. The van der Waals surface area contributed by atoms with Crippen LogP contribution in [0.25, 0.3) is 5.65 Å². The second-order valence-corrected chi connectivity index (χ2v) is 5.61. The van der Waals surface area contributed by atoms with Gasteiger partial charge in [0.05, 0.1) is 12.1 Å². The van der Waals surface area contributed by atoms with Gasteiger partial charge in [0, 0.05) is 6.20 Å². The summed E-state index contributed by atoms with van der Waals surface area (Å²) in [6.07, 6.45) is 1.67. The summed E-state index contributed by atoms with van der Waals surface area (Å²) in [5.74, 6) is -0.710. The molecule has 3 aromatic rings. The number of benzene rings is 1. The molecule has 0 unspecified atom stereocenters. The largest absolute Gasteiger partial charge is 0.320 e. The van der Waals surface area contributed by atoms with Crippen LogP contribution in [-0.4, -0.2) is 15.3 Å². The first kappa shape index (κ1) is 15.9. The van der Waals surface area contributed by atoms with Crippen LogP contribution in [0.5, 0.6) is 0 Å². The molecule has 0 radical (unpaired) electrons. The summed E-state index contributed by atoms with van der Waals surface area (Å²) in [5.41, 5.74) is 2.40. The summed E-state index contributed by atoms with van der Waals surface area (Å²) >= 11 is 0. The minimum absolute atomic E-state index is 0.0513. The van der Waals surface area contributed by atoms with Crippen molar-refractivity contribution in [3.05, 3.63) is 75.6 Å². The number of carbonyl (C=O) groups is 1. The van der Waals surface area contributed by atoms with Crippen molar-refractivity contribution in [3.63, 3.8) is 0 Å². The van der Waals surface area contributed by atoms with Crippen molar-refractivity contribution in [3.8, 4) is 0 Å². The van der Waals surface area contributed by atoms with Crippen molar-refractivity contribution in [1.82, 2.24) is 9.38 Å². The molecule has 0 aliphatic carbocycles. The Kier molecular flexibility index (Phi) is 4.12. The lowest BCUT2D eigenvalue weighted by Gasteiger charge is -2.10. The predicted molar refractivity (Wildman–Crippen MR) is 89.7 cm³/mol. The third kappa shape index (κ3) is 3.03. The molecular formula is C18H16FN3O2. The molecule has 122 valence electrons. The summed E-state index contributed by atoms with van der Waals surface area (Å²) in [4.78, 5) is 29.2. The van der Waals surface area contributed by atoms with Gasteiger partial charge in [-0.15, -0.1) is 0 Å². The average molecular weight is 325 g/mol. The number of anilines is 1. The number of nitrogens with one attached hydrogen (secondary N) is 1. The van der Waals surface area contributed by atoms with Gasteiger partial charge in [0.25, 0.3) is 5.56 Å². The third-order valence-corrected chi connectivity index (χ3v) is 3.77. The highest BCUT2D eigenvalue weighted by atomic mass is 19.1. The van der Waals surface area contributed by atoms with Crippen molar-refractivity contribution in [2.75, 3.05) is 5.32 Å². The van der Waals surface area contributed by atoms with Gasteiger partial charge in [0.1, 0.15) is 17.2 Å². The molecule has 0 aliphatic heterocycles. The summed E-state index contributed by atoms with van der Waals surface area (Å²) < 4.78 is 14.3. The maximum absolute atomic E-state index is 12.9. The first-order valence-corrected chi connectivity index (χ1v) is 7.48. The van der Waals surface area contributed by atoms with E-state index in [1.165, 1.54) is 28.7 Å². The summed E-state index contributed by atoms with van der Waals surface area (Å²) in [6, 6.07) is 9.29. The Labute approximate surface area is 137 Å². The second kappa shape index (κ2) is 6.23. The SMILES string of the molecule is Cc1nc2c(C)cccn2c(=O)c1NC(=O)Cc1ccc(F)cc1. The molecule has 0 bridgehead atoms. The predicted octanol–water partition coefficient (Wildman–Crippen LogP) is 2.63. The molecule has 0 saturated carbocycles. The van der Waals surface area contributed by atoms with Crippen LogP contribution >= 0.6 is 0 Å². The Bertz CT molecular complexity index is 978. The van der Waals surface area contributed by atoms with Crippen LogP contribution in [0.2, 0.25) is 0 Å². The lowest BCUT2D eigenvalue weighted by molar-refractivity contribution is -0.115. The first-order chi connectivity index (χ1) is 11.5. The Morgan fingerprint density at radius 1 is 1.21 bits per heavy atom. The Morgan fingerprint density at radius 2 is 1.92 bits per heavy atom. The van der Waals surface area contributed by atoms with Gasteiger partial charge in [-0.05, 0) is 43.2 Å². The third-order valence-electron chi connectivity index (χ3n) is 3.77. The number of nitrogens with zero attached hydrogens (tertiary/aromatic N) is 2. The lowest BCUT2D eigenvalue weighted by Crippen LogP contribution is -2.26. The van der Waals surface area contributed by atoms with Crippen LogP contribution in [0.1, 0.15) is 16.8 Å². The molecule has 6 heteroatoms. The molecule has 1 aromatic carbocycles. The average Bonchev–Trinajstić information content (AvgIpc) is 2.55. The van der Waals surface area contributed by atoms with E-state index >= 15 is 0 Å². The van der Waals surface area contributed by atoms with E-state index in [0.29, 0.717) is 16.9 Å². The fourth-order valence-corrected chi connectivity index (χ4v) is 2.52. The van der Waals surface area contributed by atoms with Gasteiger partial charge in [-0.25, -0.2) is 9.37 Å². The number of pyridine rings is 1. The van der Waals surface area contributed by atoms with Crippen LogP contribution in [-0.2, 0) is 11.2 Å². The number of hydrogen-bond acceptors (Lipinski definition) is 3. The standard InChI is InChI=1S/C18H16FN3O2/c1-11-4-3-9-22-17(11)20-12(2)16(18(22)24)21-15(23)10-13-5-7-14(19)8-6-13/h3-9H,10H2,1-2H3,(H,21,23). The van der Waals surface area contributed by atoms with Crippen LogP contribution in [0.4, 0.5) is 10.1 Å². The van der Waals surface area contributed by atoms with Crippen molar-refractivity contribution < 1.29 is 9.18 Å². The summed E-state index contributed by atoms with van der Waals surface area (Å²) in [7, 11) is 0. The van der Waals surface area contributed by atoms with Gasteiger partial charge in [-0.2, -0.15) is 0 Å². The van der Waals surface area contributed by atoms with E-state index < -0.39 is 0 Å². The van der Waals surface area contributed by atoms with Crippen molar-refractivity contribution in [2.45, 2.75) is 20.3 Å². The number of hydrogen-bond donors (Lipinski definition) is 1. The van der Waals surface area contributed by atoms with Crippen molar-refractivity contribution in [1.29, 1.82) is 0 Å². The van der Waals surface area contributed by atoms with E-state index in [1.54, 1.807) is 19.2 Å². The molecule has 5 nitrogen and oxygen atoms in total. The highest BCUT2D eigenvalue weighted by molar-refractivity contribution is 5.92. The molecule has 2 heterocycles. The lowest BCUT2D eigenvalue weighted by atomic mass is 10.1. The number of aromatic nitrogens is 2. The number of aryl methyl sites for hydroxylation is 2. The zero-order valence-corrected chi connectivity index (χ0v) is 13.3. The molecule has 0 atom stereocenters. The van der Waals surface area contributed by atoms with E-state index in [1.807, 2.05) is 13.0 Å². The van der Waals surface area contributed by atoms with Gasteiger partial charge in [0.15, 0.2) is 0 Å². The van der Waals surface area contributed by atoms with Crippen molar-refractivity contribution in [2.24, 2.45) is 0 Å². The fraction of sp³-hybridized carbons (Fsp3) is 0.167. The quantitative estimate of drug-likeness (QED) is 0.805. The monoisotopic (exact) mass is 325 g/mol. The van der Waals surface area contributed by atoms with Crippen LogP contribution in [0.3, 0.4) is 0 Å². The molecule has 0 saturated heterocycles. The minimum atomic E-state index is -0.359. The minimum Gasteiger partial charge on any atom is -0.320 e. The van der Waals surface area contributed by atoms with Gasteiger partial charge >= 0.3 is 0 Å². The molecule has 1 amide bonds.